The Hall–Kier alpha value is -2.77. The fraction of sp³-hybridized carbons (Fsp3) is 0.294. The summed E-state index contributed by atoms with van der Waals surface area (Å²) in [5.74, 6) is -0.290. The van der Waals surface area contributed by atoms with Crippen LogP contribution in [0.1, 0.15) is 28.7 Å². The van der Waals surface area contributed by atoms with Crippen molar-refractivity contribution < 1.29 is 22.4 Å². The SMILES string of the molecule is CCc1ccc2occ(C(=O)NCc3nccn3CC(F)(F)F)c2c1. The van der Waals surface area contributed by atoms with E-state index in [1.165, 1.54) is 18.7 Å². The highest BCUT2D eigenvalue weighted by Gasteiger charge is 2.28. The zero-order chi connectivity index (χ0) is 18.0. The number of imidazole rings is 1. The second-order valence-electron chi connectivity index (χ2n) is 5.60. The minimum absolute atomic E-state index is 0.109. The number of carbonyl (C=O) groups excluding carboxylic acids is 1. The van der Waals surface area contributed by atoms with E-state index in [2.05, 4.69) is 10.3 Å². The van der Waals surface area contributed by atoms with E-state index in [1.807, 2.05) is 19.1 Å². The highest BCUT2D eigenvalue weighted by Crippen LogP contribution is 2.23. The number of furan rings is 1. The van der Waals surface area contributed by atoms with Gasteiger partial charge in [0.25, 0.3) is 5.91 Å². The number of hydrogen-bond acceptors (Lipinski definition) is 3. The summed E-state index contributed by atoms with van der Waals surface area (Å²) in [7, 11) is 0. The number of carbonyl (C=O) groups is 1. The molecule has 1 amide bonds. The van der Waals surface area contributed by atoms with Crippen molar-refractivity contribution in [2.24, 2.45) is 0 Å². The summed E-state index contributed by atoms with van der Waals surface area (Å²) >= 11 is 0. The van der Waals surface area contributed by atoms with E-state index in [0.717, 1.165) is 16.6 Å². The van der Waals surface area contributed by atoms with E-state index < -0.39 is 18.6 Å². The Morgan fingerprint density at radius 2 is 2.16 bits per heavy atom. The fourth-order valence-corrected chi connectivity index (χ4v) is 2.57. The van der Waals surface area contributed by atoms with Crippen LogP contribution in [0.5, 0.6) is 0 Å². The molecule has 1 N–H and O–H groups in total. The molecule has 0 saturated heterocycles. The molecule has 25 heavy (non-hydrogen) atoms. The zero-order valence-electron chi connectivity index (χ0n) is 13.4. The Balaban J connectivity index is 1.75. The Morgan fingerprint density at radius 1 is 1.36 bits per heavy atom. The Kier molecular flexibility index (Phi) is 4.52. The van der Waals surface area contributed by atoms with Gasteiger partial charge in [-0.1, -0.05) is 13.0 Å². The number of amides is 1. The van der Waals surface area contributed by atoms with Crippen molar-refractivity contribution in [1.82, 2.24) is 14.9 Å². The van der Waals surface area contributed by atoms with Gasteiger partial charge in [-0.15, -0.1) is 0 Å². The summed E-state index contributed by atoms with van der Waals surface area (Å²) < 4.78 is 43.9. The van der Waals surface area contributed by atoms with Crippen LogP contribution in [0.3, 0.4) is 0 Å². The third-order valence-corrected chi connectivity index (χ3v) is 3.85. The molecule has 0 radical (unpaired) electrons. The largest absolute Gasteiger partial charge is 0.463 e. The van der Waals surface area contributed by atoms with Crippen LogP contribution in [0.2, 0.25) is 0 Å². The molecule has 2 aromatic heterocycles. The summed E-state index contributed by atoms with van der Waals surface area (Å²) in [6.45, 7) is 0.746. The average Bonchev–Trinajstić information content (AvgIpc) is 3.17. The lowest BCUT2D eigenvalue weighted by atomic mass is 10.1. The standard InChI is InChI=1S/C17H16F3N3O2/c1-2-11-3-4-14-12(7-11)13(9-25-14)16(24)22-8-15-21-5-6-23(15)10-17(18,19)20/h3-7,9H,2,8,10H2,1H3,(H,22,24). The number of benzene rings is 1. The smallest absolute Gasteiger partial charge is 0.406 e. The van der Waals surface area contributed by atoms with Crippen LogP contribution in [-0.4, -0.2) is 21.6 Å². The second kappa shape index (κ2) is 6.62. The number of nitrogens with one attached hydrogen (secondary N) is 1. The van der Waals surface area contributed by atoms with Crippen LogP contribution >= 0.6 is 0 Å². The normalized spacial score (nSPS) is 11.8. The lowest BCUT2D eigenvalue weighted by Gasteiger charge is -2.11. The molecule has 0 fully saturated rings. The second-order valence-corrected chi connectivity index (χ2v) is 5.60. The number of halogens is 3. The number of aromatic nitrogens is 2. The molecule has 132 valence electrons. The first kappa shape index (κ1) is 17.1. The highest BCUT2D eigenvalue weighted by atomic mass is 19.4. The van der Waals surface area contributed by atoms with Crippen molar-refractivity contribution in [3.63, 3.8) is 0 Å². The van der Waals surface area contributed by atoms with Gasteiger partial charge in [0, 0.05) is 17.8 Å². The van der Waals surface area contributed by atoms with Crippen LogP contribution in [0.4, 0.5) is 13.2 Å². The van der Waals surface area contributed by atoms with Crippen molar-refractivity contribution in [1.29, 1.82) is 0 Å². The van der Waals surface area contributed by atoms with Crippen LogP contribution in [0.15, 0.2) is 41.3 Å². The van der Waals surface area contributed by atoms with Gasteiger partial charge in [0.1, 0.15) is 24.2 Å². The van der Waals surface area contributed by atoms with Gasteiger partial charge in [0.15, 0.2) is 0 Å². The van der Waals surface area contributed by atoms with Crippen LogP contribution in [-0.2, 0) is 19.5 Å². The summed E-state index contributed by atoms with van der Waals surface area (Å²) in [5.41, 5.74) is 1.99. The predicted octanol–water partition coefficient (Wildman–Crippen LogP) is 3.68. The molecule has 0 unspecified atom stereocenters. The number of rotatable bonds is 5. The van der Waals surface area contributed by atoms with Gasteiger partial charge < -0.3 is 14.3 Å². The molecule has 0 aliphatic rings. The molecule has 0 saturated carbocycles. The third-order valence-electron chi connectivity index (χ3n) is 3.85. The van der Waals surface area contributed by atoms with Gasteiger partial charge in [0.05, 0.1) is 12.1 Å². The molecule has 0 aliphatic heterocycles. The molecule has 0 bridgehead atoms. The van der Waals surface area contributed by atoms with Gasteiger partial charge in [-0.2, -0.15) is 13.2 Å². The molecule has 3 aromatic rings. The number of aryl methyl sites for hydroxylation is 1. The first-order chi connectivity index (χ1) is 11.9. The molecular formula is C17H16F3N3O2. The van der Waals surface area contributed by atoms with E-state index in [4.69, 9.17) is 4.42 Å². The third kappa shape index (κ3) is 3.84. The van der Waals surface area contributed by atoms with E-state index in [-0.39, 0.29) is 12.4 Å². The lowest BCUT2D eigenvalue weighted by molar-refractivity contribution is -0.141. The predicted molar refractivity (Wildman–Crippen MR) is 85.0 cm³/mol. The molecule has 0 spiro atoms. The topological polar surface area (TPSA) is 60.1 Å². The van der Waals surface area contributed by atoms with Crippen molar-refractivity contribution in [3.8, 4) is 0 Å². The van der Waals surface area contributed by atoms with Crippen molar-refractivity contribution >= 4 is 16.9 Å². The van der Waals surface area contributed by atoms with E-state index in [9.17, 15) is 18.0 Å². The molecule has 1 aromatic carbocycles. The van der Waals surface area contributed by atoms with Crippen LogP contribution < -0.4 is 5.32 Å². The minimum atomic E-state index is -4.35. The van der Waals surface area contributed by atoms with Crippen LogP contribution in [0.25, 0.3) is 11.0 Å². The molecule has 2 heterocycles. The number of hydrogen-bond donors (Lipinski definition) is 1. The van der Waals surface area contributed by atoms with Gasteiger partial charge in [0.2, 0.25) is 0 Å². The maximum absolute atomic E-state index is 12.5. The maximum atomic E-state index is 12.5. The zero-order valence-corrected chi connectivity index (χ0v) is 13.4. The molecule has 0 aliphatic carbocycles. The first-order valence-electron chi connectivity index (χ1n) is 7.72. The summed E-state index contributed by atoms with van der Waals surface area (Å²) in [6, 6.07) is 5.58. The number of fused-ring (bicyclic) bond motifs is 1. The molecule has 8 heteroatoms. The van der Waals surface area contributed by atoms with Gasteiger partial charge >= 0.3 is 6.18 Å². The monoisotopic (exact) mass is 351 g/mol. The van der Waals surface area contributed by atoms with Gasteiger partial charge in [-0.05, 0) is 24.1 Å². The molecule has 5 nitrogen and oxygen atoms in total. The van der Waals surface area contributed by atoms with Gasteiger partial charge in [-0.25, -0.2) is 4.98 Å². The van der Waals surface area contributed by atoms with Crippen molar-refractivity contribution in [2.45, 2.75) is 32.6 Å². The minimum Gasteiger partial charge on any atom is -0.463 e. The van der Waals surface area contributed by atoms with E-state index in [1.54, 1.807) is 6.07 Å². The summed E-state index contributed by atoms with van der Waals surface area (Å²) in [6.07, 6.45) is 0.319. The summed E-state index contributed by atoms with van der Waals surface area (Å²) in [4.78, 5) is 16.2. The average molecular weight is 351 g/mol. The Bertz CT molecular complexity index is 896. The fourth-order valence-electron chi connectivity index (χ4n) is 2.57. The highest BCUT2D eigenvalue weighted by molar-refractivity contribution is 6.06. The first-order valence-corrected chi connectivity index (χ1v) is 7.72. The van der Waals surface area contributed by atoms with E-state index in [0.29, 0.717) is 16.5 Å². The molecular weight excluding hydrogens is 335 g/mol. The number of nitrogens with zero attached hydrogens (tertiary/aromatic N) is 2. The number of alkyl halides is 3. The quantitative estimate of drug-likeness (QED) is 0.763. The van der Waals surface area contributed by atoms with E-state index >= 15 is 0 Å². The molecule has 0 atom stereocenters. The Morgan fingerprint density at radius 3 is 2.88 bits per heavy atom. The van der Waals surface area contributed by atoms with Crippen molar-refractivity contribution in [3.05, 3.63) is 53.8 Å². The summed E-state index contributed by atoms with van der Waals surface area (Å²) in [5, 5.41) is 3.27. The molecule has 3 rings (SSSR count). The van der Waals surface area contributed by atoms with Gasteiger partial charge in [-0.3, -0.25) is 4.79 Å². The van der Waals surface area contributed by atoms with Crippen molar-refractivity contribution in [2.75, 3.05) is 0 Å². The lowest BCUT2D eigenvalue weighted by Crippen LogP contribution is -2.26. The Labute approximate surface area is 141 Å². The van der Waals surface area contributed by atoms with Crippen LogP contribution in [0, 0.1) is 0 Å². The maximum Gasteiger partial charge on any atom is 0.406 e.